The fourth-order valence-electron chi connectivity index (χ4n) is 5.54. The number of hydrogen-bond donors (Lipinski definition) is 2. The molecule has 2 heterocycles. The van der Waals surface area contributed by atoms with Gasteiger partial charge in [0.05, 0.1) is 24.8 Å². The highest BCUT2D eigenvalue weighted by molar-refractivity contribution is 6.33. The van der Waals surface area contributed by atoms with Gasteiger partial charge in [0.15, 0.2) is 23.5 Å². The molecule has 3 aromatic rings. The molecule has 2 aliphatic rings. The van der Waals surface area contributed by atoms with Gasteiger partial charge in [-0.3, -0.25) is 0 Å². The number of rotatable bonds is 9. The number of amides is 1. The fraction of sp³-hybridized carbons (Fsp3) is 0.412. The molecule has 2 N–H and O–H groups in total. The normalized spacial score (nSPS) is 20.9. The number of carbonyl (C=O) groups is 1. The number of nitrogens with zero attached hydrogens (tertiary/aromatic N) is 1. The molecule has 3 aromatic carbocycles. The van der Waals surface area contributed by atoms with Crippen molar-refractivity contribution in [2.75, 3.05) is 26.4 Å². The van der Waals surface area contributed by atoms with Gasteiger partial charge in [-0.2, -0.15) is 5.26 Å². The monoisotopic (exact) mass is 638 g/mol. The highest BCUT2D eigenvalue weighted by Gasteiger charge is 2.51. The minimum absolute atomic E-state index is 0.0155. The van der Waals surface area contributed by atoms with Gasteiger partial charge in [-0.05, 0) is 64.3 Å². The van der Waals surface area contributed by atoms with Crippen LogP contribution in [-0.2, 0) is 19.8 Å². The summed E-state index contributed by atoms with van der Waals surface area (Å²) < 4.78 is 45.1. The number of alkyl carbamates (subject to hydrolysis) is 1. The lowest BCUT2D eigenvalue weighted by atomic mass is 9.83. The first-order valence-electron chi connectivity index (χ1n) is 14.8. The molecule has 9 nitrogen and oxygen atoms in total. The molecule has 238 valence electrons. The predicted molar refractivity (Wildman–Crippen MR) is 165 cm³/mol. The van der Waals surface area contributed by atoms with Crippen molar-refractivity contribution in [3.8, 4) is 28.7 Å². The van der Waals surface area contributed by atoms with Crippen molar-refractivity contribution in [1.29, 1.82) is 5.26 Å². The van der Waals surface area contributed by atoms with Gasteiger partial charge in [0.25, 0.3) is 0 Å². The van der Waals surface area contributed by atoms with E-state index < -0.39 is 29.2 Å². The molecule has 3 atom stereocenters. The first kappa shape index (κ1) is 32.5. The van der Waals surface area contributed by atoms with Crippen molar-refractivity contribution in [3.63, 3.8) is 0 Å². The van der Waals surface area contributed by atoms with Crippen LogP contribution in [0.4, 0.5) is 9.18 Å². The van der Waals surface area contributed by atoms with Crippen LogP contribution in [0.1, 0.15) is 62.8 Å². The summed E-state index contributed by atoms with van der Waals surface area (Å²) in [6.07, 6.45) is 0.329. The second-order valence-corrected chi connectivity index (χ2v) is 12.3. The zero-order valence-electron chi connectivity index (χ0n) is 25.4. The molecular formula is C34H36ClFN2O7. The molecular weight excluding hydrogens is 603 g/mol. The zero-order valence-corrected chi connectivity index (χ0v) is 26.2. The molecule has 0 saturated carbocycles. The number of fused-ring (bicyclic) bond motifs is 1. The summed E-state index contributed by atoms with van der Waals surface area (Å²) in [4.78, 5) is 12.7. The second-order valence-electron chi connectivity index (χ2n) is 11.9. The number of aliphatic hydroxyl groups excluding tert-OH is 1. The standard InChI is InChI=1S/C34H36ClFN2O7/c1-33(2,3)45-32(40)38-20-34(22-9-5-4-6-10-22)31(39)29-24(44-34)15-13-23(35)28(29)27-21(19-37)12-14-25(30(27)36)41-17-18-43-26-11-7-8-16-42-26/h4-6,9-10,12-15,26,31,39H,7-8,11,16-18,20H2,1-3H3,(H,38,40). The topological polar surface area (TPSA) is 119 Å². The van der Waals surface area contributed by atoms with Gasteiger partial charge in [0, 0.05) is 33.9 Å². The molecule has 0 bridgehead atoms. The van der Waals surface area contributed by atoms with E-state index in [1.54, 1.807) is 51.1 Å². The van der Waals surface area contributed by atoms with E-state index in [9.17, 15) is 15.2 Å². The van der Waals surface area contributed by atoms with Crippen molar-refractivity contribution >= 4 is 17.7 Å². The Hall–Kier alpha value is -3.88. The quantitative estimate of drug-likeness (QED) is 0.246. The van der Waals surface area contributed by atoms with Gasteiger partial charge in [-0.1, -0.05) is 41.9 Å². The highest BCUT2D eigenvalue weighted by Crippen LogP contribution is 2.55. The maximum Gasteiger partial charge on any atom is 0.407 e. The molecule has 1 saturated heterocycles. The zero-order chi connectivity index (χ0) is 32.2. The van der Waals surface area contributed by atoms with Gasteiger partial charge < -0.3 is 34.1 Å². The largest absolute Gasteiger partial charge is 0.488 e. The Morgan fingerprint density at radius 1 is 1.13 bits per heavy atom. The van der Waals surface area contributed by atoms with Crippen LogP contribution in [0.2, 0.25) is 5.02 Å². The van der Waals surface area contributed by atoms with Crippen LogP contribution in [0.3, 0.4) is 0 Å². The van der Waals surface area contributed by atoms with E-state index in [4.69, 9.17) is 35.3 Å². The lowest BCUT2D eigenvalue weighted by Crippen LogP contribution is -2.47. The van der Waals surface area contributed by atoms with Gasteiger partial charge in [0.2, 0.25) is 0 Å². The number of carbonyl (C=O) groups excluding carboxylic acids is 1. The Morgan fingerprint density at radius 3 is 2.60 bits per heavy atom. The third kappa shape index (κ3) is 7.02. The van der Waals surface area contributed by atoms with Gasteiger partial charge in [0.1, 0.15) is 24.1 Å². The number of nitriles is 1. The molecule has 2 aliphatic heterocycles. The third-order valence-electron chi connectivity index (χ3n) is 7.58. The van der Waals surface area contributed by atoms with E-state index in [1.165, 1.54) is 18.2 Å². The Bertz CT molecular complexity index is 1570. The van der Waals surface area contributed by atoms with E-state index in [2.05, 4.69) is 5.32 Å². The highest BCUT2D eigenvalue weighted by atomic mass is 35.5. The van der Waals surface area contributed by atoms with Crippen LogP contribution >= 0.6 is 11.6 Å². The Labute approximate surface area is 266 Å². The van der Waals surface area contributed by atoms with Crippen LogP contribution in [0.25, 0.3) is 11.1 Å². The molecule has 0 aliphatic carbocycles. The smallest absolute Gasteiger partial charge is 0.407 e. The first-order valence-corrected chi connectivity index (χ1v) is 15.2. The summed E-state index contributed by atoms with van der Waals surface area (Å²) in [5.41, 5.74) is -1.64. The summed E-state index contributed by atoms with van der Waals surface area (Å²) in [5.74, 6) is -0.720. The Morgan fingerprint density at radius 2 is 1.91 bits per heavy atom. The Balaban J connectivity index is 1.49. The number of halogens is 2. The van der Waals surface area contributed by atoms with Crippen LogP contribution in [0, 0.1) is 17.1 Å². The van der Waals surface area contributed by atoms with E-state index in [-0.39, 0.29) is 64.8 Å². The minimum Gasteiger partial charge on any atom is -0.488 e. The molecule has 1 fully saturated rings. The maximum absolute atomic E-state index is 16.3. The van der Waals surface area contributed by atoms with E-state index in [0.717, 1.165) is 19.3 Å². The first-order chi connectivity index (χ1) is 21.5. The van der Waals surface area contributed by atoms with Crippen molar-refractivity contribution in [2.45, 2.75) is 63.6 Å². The summed E-state index contributed by atoms with van der Waals surface area (Å²) >= 11 is 6.71. The second kappa shape index (κ2) is 13.6. The molecule has 0 radical (unpaired) electrons. The fourth-order valence-corrected chi connectivity index (χ4v) is 5.80. The SMILES string of the molecule is CC(C)(C)OC(=O)NCC1(c2ccccc2)Oc2ccc(Cl)c(-c3c(C#N)ccc(OCCOC4CCCCO4)c3F)c2C1O. The van der Waals surface area contributed by atoms with E-state index in [1.807, 2.05) is 12.1 Å². The summed E-state index contributed by atoms with van der Waals surface area (Å²) in [6, 6.07) is 16.8. The van der Waals surface area contributed by atoms with Crippen LogP contribution in [0.5, 0.6) is 11.5 Å². The van der Waals surface area contributed by atoms with Crippen LogP contribution in [0.15, 0.2) is 54.6 Å². The minimum atomic E-state index is -1.53. The number of nitrogens with one attached hydrogen (secondary N) is 1. The third-order valence-corrected chi connectivity index (χ3v) is 7.89. The molecule has 0 spiro atoms. The number of hydrogen-bond acceptors (Lipinski definition) is 8. The van der Waals surface area contributed by atoms with Crippen molar-refractivity contribution in [2.24, 2.45) is 0 Å². The molecule has 5 rings (SSSR count). The van der Waals surface area contributed by atoms with E-state index >= 15 is 4.39 Å². The Kier molecular flexibility index (Phi) is 9.85. The lowest BCUT2D eigenvalue weighted by Gasteiger charge is -2.33. The number of ether oxygens (including phenoxy) is 5. The van der Waals surface area contributed by atoms with Gasteiger partial charge >= 0.3 is 6.09 Å². The van der Waals surface area contributed by atoms with Gasteiger partial charge in [-0.25, -0.2) is 9.18 Å². The van der Waals surface area contributed by atoms with Crippen LogP contribution in [-0.4, -0.2) is 49.5 Å². The average molecular weight is 639 g/mol. The molecule has 1 amide bonds. The molecule has 3 unspecified atom stereocenters. The number of aliphatic hydroxyl groups is 1. The lowest BCUT2D eigenvalue weighted by molar-refractivity contribution is -0.165. The summed E-state index contributed by atoms with van der Waals surface area (Å²) in [7, 11) is 0. The van der Waals surface area contributed by atoms with Crippen molar-refractivity contribution in [3.05, 3.63) is 82.1 Å². The summed E-state index contributed by atoms with van der Waals surface area (Å²) in [5, 5.41) is 24.8. The van der Waals surface area contributed by atoms with Crippen LogP contribution < -0.4 is 14.8 Å². The molecule has 0 aromatic heterocycles. The maximum atomic E-state index is 16.3. The summed E-state index contributed by atoms with van der Waals surface area (Å²) in [6.45, 7) is 5.88. The van der Waals surface area contributed by atoms with Crippen molar-refractivity contribution in [1.82, 2.24) is 5.32 Å². The predicted octanol–water partition coefficient (Wildman–Crippen LogP) is 6.79. The van der Waals surface area contributed by atoms with Crippen molar-refractivity contribution < 1.29 is 38.0 Å². The average Bonchev–Trinajstić information content (AvgIpc) is 3.31. The molecule has 45 heavy (non-hydrogen) atoms. The van der Waals surface area contributed by atoms with E-state index in [0.29, 0.717) is 12.2 Å². The van der Waals surface area contributed by atoms with Gasteiger partial charge in [-0.15, -0.1) is 0 Å². The number of benzene rings is 3. The molecule has 11 heteroatoms.